The highest BCUT2D eigenvalue weighted by Crippen LogP contribution is 2.22. The molecule has 2 aromatic rings. The van der Waals surface area contributed by atoms with E-state index in [0.717, 1.165) is 11.1 Å². The summed E-state index contributed by atoms with van der Waals surface area (Å²) in [5, 5.41) is 11.9. The number of aromatic hydroxyl groups is 1. The molecule has 0 aliphatic carbocycles. The van der Waals surface area contributed by atoms with Crippen LogP contribution in [0, 0.1) is 0 Å². The van der Waals surface area contributed by atoms with Crippen LogP contribution in [0.3, 0.4) is 0 Å². The first-order valence-corrected chi connectivity index (χ1v) is 7.39. The van der Waals surface area contributed by atoms with Gasteiger partial charge in [0.05, 0.1) is 5.56 Å². The van der Waals surface area contributed by atoms with E-state index in [-0.39, 0.29) is 11.7 Å². The second-order valence-electron chi connectivity index (χ2n) is 5.07. The van der Waals surface area contributed by atoms with Crippen molar-refractivity contribution < 1.29 is 19.4 Å². The van der Waals surface area contributed by atoms with Gasteiger partial charge in [-0.2, -0.15) is 0 Å². The number of ether oxygens (including phenoxy) is 1. The van der Waals surface area contributed by atoms with E-state index in [1.807, 2.05) is 0 Å². The van der Waals surface area contributed by atoms with E-state index in [9.17, 15) is 14.7 Å². The molecule has 0 aliphatic rings. The van der Waals surface area contributed by atoms with Gasteiger partial charge in [-0.25, -0.2) is 4.79 Å². The van der Waals surface area contributed by atoms with Crippen molar-refractivity contribution in [3.63, 3.8) is 0 Å². The molecule has 0 heterocycles. The molecule has 5 nitrogen and oxygen atoms in total. The molecule has 0 saturated carbocycles. The van der Waals surface area contributed by atoms with E-state index in [2.05, 4.69) is 5.32 Å². The molecule has 0 saturated heterocycles. The number of likely N-dealkylation sites (N-methyl/N-ethyl adjacent to an activating group) is 1. The quantitative estimate of drug-likeness (QED) is 0.832. The molecule has 0 aliphatic heterocycles. The lowest BCUT2D eigenvalue weighted by Gasteiger charge is -2.12. The highest BCUT2D eigenvalue weighted by molar-refractivity contribution is 5.92. The molecule has 2 aromatic carbocycles. The maximum Gasteiger partial charge on any atom is 0.338 e. The number of esters is 1. The van der Waals surface area contributed by atoms with Crippen molar-refractivity contribution in [2.75, 3.05) is 6.54 Å². The Labute approximate surface area is 134 Å². The summed E-state index contributed by atoms with van der Waals surface area (Å²) in [6.45, 7) is 3.82. The molecule has 1 amide bonds. The number of rotatable bonds is 5. The number of hydrogen-bond donors (Lipinski definition) is 2. The van der Waals surface area contributed by atoms with Crippen molar-refractivity contribution in [1.82, 2.24) is 5.32 Å². The maximum atomic E-state index is 12.0. The van der Waals surface area contributed by atoms with Crippen molar-refractivity contribution >= 4 is 11.9 Å². The van der Waals surface area contributed by atoms with Gasteiger partial charge in [0.1, 0.15) is 5.75 Å². The van der Waals surface area contributed by atoms with Gasteiger partial charge in [0.2, 0.25) is 0 Å². The van der Waals surface area contributed by atoms with Crippen LogP contribution in [0.25, 0.3) is 11.1 Å². The molecule has 1 atom stereocenters. The lowest BCUT2D eigenvalue weighted by Crippen LogP contribution is -2.35. The molecular weight excluding hydrogens is 294 g/mol. The Morgan fingerprint density at radius 1 is 1.04 bits per heavy atom. The standard InChI is InChI=1S/C18H19NO4/c1-3-19-17(21)12(2)23-18(22)15-6-4-13(5-7-15)14-8-10-16(20)11-9-14/h4-12,20H,3H2,1-2H3,(H,19,21). The topological polar surface area (TPSA) is 75.6 Å². The summed E-state index contributed by atoms with van der Waals surface area (Å²) >= 11 is 0. The number of hydrogen-bond acceptors (Lipinski definition) is 4. The Hall–Kier alpha value is -2.82. The van der Waals surface area contributed by atoms with Gasteiger partial charge in [-0.05, 0) is 49.2 Å². The Balaban J connectivity index is 2.05. The van der Waals surface area contributed by atoms with Gasteiger partial charge in [0.15, 0.2) is 6.10 Å². The van der Waals surface area contributed by atoms with E-state index in [4.69, 9.17) is 4.74 Å². The van der Waals surface area contributed by atoms with Gasteiger partial charge in [-0.1, -0.05) is 24.3 Å². The van der Waals surface area contributed by atoms with Gasteiger partial charge < -0.3 is 15.2 Å². The minimum Gasteiger partial charge on any atom is -0.508 e. The van der Waals surface area contributed by atoms with Crippen LogP contribution < -0.4 is 5.32 Å². The number of carbonyl (C=O) groups excluding carboxylic acids is 2. The zero-order valence-corrected chi connectivity index (χ0v) is 13.1. The van der Waals surface area contributed by atoms with E-state index < -0.39 is 12.1 Å². The van der Waals surface area contributed by atoms with Crippen LogP contribution in [0.15, 0.2) is 48.5 Å². The Kier molecular flexibility index (Phi) is 5.36. The summed E-state index contributed by atoms with van der Waals surface area (Å²) in [5.41, 5.74) is 2.22. The zero-order valence-electron chi connectivity index (χ0n) is 13.1. The molecular formula is C18H19NO4. The molecule has 1 unspecified atom stereocenters. The van der Waals surface area contributed by atoms with E-state index in [0.29, 0.717) is 12.1 Å². The van der Waals surface area contributed by atoms with E-state index >= 15 is 0 Å². The van der Waals surface area contributed by atoms with Gasteiger partial charge in [0, 0.05) is 6.54 Å². The van der Waals surface area contributed by atoms with Crippen molar-refractivity contribution in [3.05, 3.63) is 54.1 Å². The number of carbonyl (C=O) groups is 2. The van der Waals surface area contributed by atoms with Crippen LogP contribution in [0.4, 0.5) is 0 Å². The molecule has 0 fully saturated rings. The van der Waals surface area contributed by atoms with E-state index in [1.165, 1.54) is 6.92 Å². The lowest BCUT2D eigenvalue weighted by atomic mass is 10.0. The fraction of sp³-hybridized carbons (Fsp3) is 0.222. The highest BCUT2D eigenvalue weighted by atomic mass is 16.5. The van der Waals surface area contributed by atoms with Crippen molar-refractivity contribution in [2.45, 2.75) is 20.0 Å². The summed E-state index contributed by atoms with van der Waals surface area (Å²) in [4.78, 5) is 23.6. The highest BCUT2D eigenvalue weighted by Gasteiger charge is 2.18. The summed E-state index contributed by atoms with van der Waals surface area (Å²) in [7, 11) is 0. The van der Waals surface area contributed by atoms with Crippen molar-refractivity contribution in [1.29, 1.82) is 0 Å². The van der Waals surface area contributed by atoms with Crippen LogP contribution in [0.1, 0.15) is 24.2 Å². The molecule has 0 aromatic heterocycles. The summed E-state index contributed by atoms with van der Waals surface area (Å²) in [5.74, 6) is -0.657. The predicted molar refractivity (Wildman–Crippen MR) is 87.1 cm³/mol. The number of benzene rings is 2. The minimum atomic E-state index is -0.834. The Morgan fingerprint density at radius 3 is 2.09 bits per heavy atom. The predicted octanol–water partition coefficient (Wildman–Crippen LogP) is 2.74. The molecule has 0 radical (unpaired) electrons. The van der Waals surface area contributed by atoms with Gasteiger partial charge >= 0.3 is 5.97 Å². The second kappa shape index (κ2) is 7.45. The van der Waals surface area contributed by atoms with Crippen LogP contribution in [0.2, 0.25) is 0 Å². The molecule has 2 N–H and O–H groups in total. The van der Waals surface area contributed by atoms with Gasteiger partial charge in [-0.3, -0.25) is 4.79 Å². The minimum absolute atomic E-state index is 0.202. The third-order valence-electron chi connectivity index (χ3n) is 3.33. The maximum absolute atomic E-state index is 12.0. The number of amides is 1. The summed E-state index contributed by atoms with van der Waals surface area (Å²) in [6, 6.07) is 13.7. The number of phenols is 1. The monoisotopic (exact) mass is 313 g/mol. The largest absolute Gasteiger partial charge is 0.508 e. The molecule has 0 spiro atoms. The molecule has 120 valence electrons. The first kappa shape index (κ1) is 16.5. The average Bonchev–Trinajstić information content (AvgIpc) is 2.56. The van der Waals surface area contributed by atoms with Crippen LogP contribution >= 0.6 is 0 Å². The third kappa shape index (κ3) is 4.32. The Bertz CT molecular complexity index is 677. The van der Waals surface area contributed by atoms with Crippen LogP contribution in [-0.2, 0) is 9.53 Å². The van der Waals surface area contributed by atoms with Gasteiger partial charge in [-0.15, -0.1) is 0 Å². The number of nitrogens with one attached hydrogen (secondary N) is 1. The van der Waals surface area contributed by atoms with Crippen LogP contribution in [-0.4, -0.2) is 29.6 Å². The van der Waals surface area contributed by atoms with Crippen LogP contribution in [0.5, 0.6) is 5.75 Å². The smallest absolute Gasteiger partial charge is 0.338 e. The van der Waals surface area contributed by atoms with Gasteiger partial charge in [0.25, 0.3) is 5.91 Å². The van der Waals surface area contributed by atoms with Crippen molar-refractivity contribution in [3.8, 4) is 16.9 Å². The Morgan fingerprint density at radius 2 is 1.57 bits per heavy atom. The normalized spacial score (nSPS) is 11.6. The van der Waals surface area contributed by atoms with E-state index in [1.54, 1.807) is 55.5 Å². The zero-order chi connectivity index (χ0) is 16.8. The van der Waals surface area contributed by atoms with Crippen molar-refractivity contribution in [2.24, 2.45) is 0 Å². The summed E-state index contributed by atoms with van der Waals surface area (Å²) < 4.78 is 5.13. The molecule has 5 heteroatoms. The first-order valence-electron chi connectivity index (χ1n) is 7.39. The summed E-state index contributed by atoms with van der Waals surface area (Å²) in [6.07, 6.45) is -0.834. The molecule has 0 bridgehead atoms. The molecule has 2 rings (SSSR count). The first-order chi connectivity index (χ1) is 11.0. The number of phenolic OH excluding ortho intramolecular Hbond substituents is 1. The lowest BCUT2D eigenvalue weighted by molar-refractivity contribution is -0.128. The SMILES string of the molecule is CCNC(=O)C(C)OC(=O)c1ccc(-c2ccc(O)cc2)cc1. The molecule has 23 heavy (non-hydrogen) atoms. The third-order valence-corrected chi connectivity index (χ3v) is 3.33. The fourth-order valence-electron chi connectivity index (χ4n) is 2.05. The average molecular weight is 313 g/mol. The second-order valence-corrected chi connectivity index (χ2v) is 5.07. The fourth-order valence-corrected chi connectivity index (χ4v) is 2.05.